The van der Waals surface area contributed by atoms with Crippen LogP contribution in [-0.4, -0.2) is 25.7 Å². The number of esters is 2. The van der Waals surface area contributed by atoms with E-state index in [0.29, 0.717) is 11.3 Å². The van der Waals surface area contributed by atoms with E-state index in [1.54, 1.807) is 30.3 Å². The summed E-state index contributed by atoms with van der Waals surface area (Å²) in [6.45, 7) is 3.64. The summed E-state index contributed by atoms with van der Waals surface area (Å²) in [4.78, 5) is 23.5. The maximum absolute atomic E-state index is 12.0. The van der Waals surface area contributed by atoms with Gasteiger partial charge < -0.3 is 14.2 Å². The van der Waals surface area contributed by atoms with E-state index in [9.17, 15) is 9.59 Å². The van der Waals surface area contributed by atoms with Crippen LogP contribution in [0.25, 0.3) is 6.08 Å². The van der Waals surface area contributed by atoms with E-state index in [4.69, 9.17) is 14.7 Å². The molecule has 27 heavy (non-hydrogen) atoms. The maximum Gasteiger partial charge on any atom is 0.349 e. The molecule has 0 N–H and O–H groups in total. The number of benzene rings is 2. The fourth-order valence-electron chi connectivity index (χ4n) is 2.26. The number of hydrogen-bond donors (Lipinski definition) is 0. The zero-order valence-electron chi connectivity index (χ0n) is 15.3. The van der Waals surface area contributed by atoms with Gasteiger partial charge in [-0.25, -0.2) is 9.59 Å². The minimum Gasteiger partial charge on any atom is -0.482 e. The normalized spacial score (nSPS) is 10.7. The van der Waals surface area contributed by atoms with Crippen molar-refractivity contribution in [2.45, 2.75) is 13.8 Å². The highest BCUT2D eigenvalue weighted by molar-refractivity contribution is 5.97. The highest BCUT2D eigenvalue weighted by atomic mass is 16.6. The van der Waals surface area contributed by atoms with Gasteiger partial charge >= 0.3 is 11.9 Å². The van der Waals surface area contributed by atoms with E-state index in [-0.39, 0.29) is 17.9 Å². The lowest BCUT2D eigenvalue weighted by Gasteiger charge is -2.10. The number of nitriles is 1. The van der Waals surface area contributed by atoms with Gasteiger partial charge in [0.1, 0.15) is 23.1 Å². The molecular formula is C21H19NO5. The predicted molar refractivity (Wildman–Crippen MR) is 99.1 cm³/mol. The molecule has 0 atom stereocenters. The molecule has 0 aliphatic carbocycles. The van der Waals surface area contributed by atoms with Crippen LogP contribution in [0.1, 0.15) is 16.7 Å². The van der Waals surface area contributed by atoms with Crippen molar-refractivity contribution in [2.75, 3.05) is 13.7 Å². The van der Waals surface area contributed by atoms with Gasteiger partial charge in [0.2, 0.25) is 0 Å². The Morgan fingerprint density at radius 3 is 2.59 bits per heavy atom. The topological polar surface area (TPSA) is 85.6 Å². The quantitative estimate of drug-likeness (QED) is 0.338. The van der Waals surface area contributed by atoms with E-state index in [2.05, 4.69) is 4.74 Å². The smallest absolute Gasteiger partial charge is 0.349 e. The van der Waals surface area contributed by atoms with Crippen molar-refractivity contribution in [2.24, 2.45) is 0 Å². The number of methoxy groups -OCH3 is 1. The van der Waals surface area contributed by atoms with Gasteiger partial charge in [0.25, 0.3) is 0 Å². The zero-order chi connectivity index (χ0) is 19.8. The fourth-order valence-corrected chi connectivity index (χ4v) is 2.26. The molecule has 0 aromatic heterocycles. The van der Waals surface area contributed by atoms with Crippen molar-refractivity contribution in [1.82, 2.24) is 0 Å². The number of aryl methyl sites for hydroxylation is 1. The van der Waals surface area contributed by atoms with Crippen molar-refractivity contribution in [3.8, 4) is 17.6 Å². The second kappa shape index (κ2) is 9.20. The fraction of sp³-hybridized carbons (Fsp3) is 0.190. The second-order valence-corrected chi connectivity index (χ2v) is 5.69. The number of nitrogens with zero attached hydrogens (tertiary/aromatic N) is 1. The highest BCUT2D eigenvalue weighted by Gasteiger charge is 2.11. The Bertz CT molecular complexity index is 924. The summed E-state index contributed by atoms with van der Waals surface area (Å²) in [5, 5.41) is 9.00. The number of ether oxygens (including phenoxy) is 3. The molecule has 2 aromatic rings. The molecule has 0 saturated carbocycles. The van der Waals surface area contributed by atoms with Crippen molar-refractivity contribution in [1.29, 1.82) is 5.26 Å². The summed E-state index contributed by atoms with van der Waals surface area (Å²) in [5.41, 5.74) is 2.40. The van der Waals surface area contributed by atoms with Crippen molar-refractivity contribution >= 4 is 18.0 Å². The number of rotatable bonds is 6. The number of hydrogen-bond acceptors (Lipinski definition) is 6. The Labute approximate surface area is 157 Å². The molecule has 0 radical (unpaired) electrons. The minimum absolute atomic E-state index is 0.153. The first kappa shape index (κ1) is 19.7. The molecule has 0 saturated heterocycles. The van der Waals surface area contributed by atoms with E-state index in [1.165, 1.54) is 19.3 Å². The monoisotopic (exact) mass is 365 g/mol. The lowest BCUT2D eigenvalue weighted by molar-refractivity contribution is -0.137. The van der Waals surface area contributed by atoms with Crippen LogP contribution in [0.5, 0.6) is 11.5 Å². The van der Waals surface area contributed by atoms with Crippen LogP contribution in [-0.2, 0) is 14.3 Å². The number of carbonyl (C=O) groups excluding carboxylic acids is 2. The van der Waals surface area contributed by atoms with Crippen molar-refractivity contribution < 1.29 is 23.8 Å². The summed E-state index contributed by atoms with van der Waals surface area (Å²) in [7, 11) is 1.20. The number of carbonyl (C=O) groups is 2. The second-order valence-electron chi connectivity index (χ2n) is 5.69. The third kappa shape index (κ3) is 5.44. The van der Waals surface area contributed by atoms with E-state index in [0.717, 1.165) is 11.1 Å². The molecular weight excluding hydrogens is 346 g/mol. The van der Waals surface area contributed by atoms with Gasteiger partial charge in [0.15, 0.2) is 6.61 Å². The Hall–Kier alpha value is -3.59. The zero-order valence-corrected chi connectivity index (χ0v) is 15.3. The first-order valence-electron chi connectivity index (χ1n) is 8.14. The van der Waals surface area contributed by atoms with Crippen LogP contribution in [0.15, 0.2) is 48.0 Å². The molecule has 6 nitrogen and oxygen atoms in total. The Balaban J connectivity index is 2.04. The van der Waals surface area contributed by atoms with Gasteiger partial charge in [0, 0.05) is 0 Å². The van der Waals surface area contributed by atoms with Crippen LogP contribution in [0.2, 0.25) is 0 Å². The molecule has 0 unspecified atom stereocenters. The molecule has 0 spiro atoms. The third-order valence-electron chi connectivity index (χ3n) is 3.83. The summed E-state index contributed by atoms with van der Waals surface area (Å²) in [5.74, 6) is -0.395. The molecule has 0 aliphatic heterocycles. The van der Waals surface area contributed by atoms with E-state index in [1.807, 2.05) is 26.0 Å². The molecule has 0 aliphatic rings. The molecule has 0 amide bonds. The Morgan fingerprint density at radius 1 is 1.15 bits per heavy atom. The van der Waals surface area contributed by atoms with Crippen LogP contribution >= 0.6 is 0 Å². The van der Waals surface area contributed by atoms with Crippen LogP contribution in [0.3, 0.4) is 0 Å². The standard InChI is InChI=1S/C21H19NO5/c1-14-6-4-9-19(15(14)2)26-13-20(23)27-18-8-5-7-16(11-18)10-17(12-22)21(24)25-3/h4-11H,13H2,1-3H3/b17-10+. The van der Waals surface area contributed by atoms with Crippen molar-refractivity contribution in [3.05, 3.63) is 64.7 Å². The maximum atomic E-state index is 12.0. The Morgan fingerprint density at radius 2 is 1.89 bits per heavy atom. The first-order valence-corrected chi connectivity index (χ1v) is 8.14. The summed E-state index contributed by atoms with van der Waals surface area (Å²) in [6.07, 6.45) is 1.36. The molecule has 0 fully saturated rings. The molecule has 6 heteroatoms. The van der Waals surface area contributed by atoms with Gasteiger partial charge in [-0.3, -0.25) is 0 Å². The summed E-state index contributed by atoms with van der Waals surface area (Å²) in [6, 6.07) is 13.8. The van der Waals surface area contributed by atoms with Gasteiger partial charge in [-0.05, 0) is 54.8 Å². The SMILES string of the molecule is COC(=O)/C(C#N)=C/c1cccc(OC(=O)COc2cccc(C)c2C)c1. The van der Waals surface area contributed by atoms with Gasteiger partial charge in [-0.1, -0.05) is 24.3 Å². The Kier molecular flexibility index (Phi) is 6.73. The predicted octanol–water partition coefficient (Wildman–Crippen LogP) is 3.37. The third-order valence-corrected chi connectivity index (χ3v) is 3.83. The molecule has 2 rings (SSSR count). The lowest BCUT2D eigenvalue weighted by Crippen LogP contribution is -2.18. The van der Waals surface area contributed by atoms with E-state index >= 15 is 0 Å². The van der Waals surface area contributed by atoms with Crippen LogP contribution in [0.4, 0.5) is 0 Å². The van der Waals surface area contributed by atoms with Crippen LogP contribution in [0, 0.1) is 25.2 Å². The van der Waals surface area contributed by atoms with Crippen LogP contribution < -0.4 is 9.47 Å². The molecule has 138 valence electrons. The molecule has 0 heterocycles. The van der Waals surface area contributed by atoms with Gasteiger partial charge in [-0.2, -0.15) is 5.26 Å². The summed E-state index contributed by atoms with van der Waals surface area (Å²) < 4.78 is 15.3. The lowest BCUT2D eigenvalue weighted by atomic mass is 10.1. The van der Waals surface area contributed by atoms with E-state index < -0.39 is 11.9 Å². The van der Waals surface area contributed by atoms with Gasteiger partial charge in [0.05, 0.1) is 7.11 Å². The van der Waals surface area contributed by atoms with Crippen molar-refractivity contribution in [3.63, 3.8) is 0 Å². The highest BCUT2D eigenvalue weighted by Crippen LogP contribution is 2.21. The average molecular weight is 365 g/mol. The largest absolute Gasteiger partial charge is 0.482 e. The molecule has 2 aromatic carbocycles. The minimum atomic E-state index is -0.734. The molecule has 0 bridgehead atoms. The average Bonchev–Trinajstić information content (AvgIpc) is 2.67. The summed E-state index contributed by atoms with van der Waals surface area (Å²) >= 11 is 0. The van der Waals surface area contributed by atoms with Gasteiger partial charge in [-0.15, -0.1) is 0 Å². The first-order chi connectivity index (χ1) is 12.9.